The van der Waals surface area contributed by atoms with Crippen molar-refractivity contribution in [2.45, 2.75) is 23.9 Å². The maximum atomic E-state index is 13.9. The van der Waals surface area contributed by atoms with Crippen LogP contribution in [0.2, 0.25) is 0 Å². The highest BCUT2D eigenvalue weighted by molar-refractivity contribution is 8.00. The van der Waals surface area contributed by atoms with Crippen LogP contribution >= 0.6 is 11.8 Å². The lowest BCUT2D eigenvalue weighted by Crippen LogP contribution is -2.30. The number of amides is 1. The lowest BCUT2D eigenvalue weighted by molar-refractivity contribution is -0.120. The molecule has 3 aromatic rings. The Morgan fingerprint density at radius 2 is 1.89 bits per heavy atom. The van der Waals surface area contributed by atoms with Gasteiger partial charge >= 0.3 is 0 Å². The summed E-state index contributed by atoms with van der Waals surface area (Å²) in [6.07, 6.45) is 0. The van der Waals surface area contributed by atoms with Crippen LogP contribution < -0.4 is 11.2 Å². The Morgan fingerprint density at radius 3 is 2.59 bits per heavy atom. The van der Waals surface area contributed by atoms with E-state index in [-0.39, 0.29) is 34.8 Å². The largest absolute Gasteiger partial charge is 0.351 e. The molecule has 0 fully saturated rings. The zero-order valence-electron chi connectivity index (χ0n) is 14.4. The molecule has 9 heteroatoms. The van der Waals surface area contributed by atoms with Crippen molar-refractivity contribution in [1.82, 2.24) is 20.2 Å². The van der Waals surface area contributed by atoms with Crippen LogP contribution in [0.3, 0.4) is 0 Å². The molecule has 1 amide bonds. The van der Waals surface area contributed by atoms with Crippen molar-refractivity contribution in [2.24, 2.45) is 0 Å². The third-order valence-corrected chi connectivity index (χ3v) is 4.87. The fraction of sp³-hybridized carbons (Fsp3) is 0.167. The number of carbonyl (C=O) groups is 1. The molecule has 0 aliphatic heterocycles. The summed E-state index contributed by atoms with van der Waals surface area (Å²) < 4.78 is 28.0. The van der Waals surface area contributed by atoms with E-state index in [0.29, 0.717) is 0 Å². The first kappa shape index (κ1) is 18.8. The standard InChI is InChI=1S/C18H17F2N5OS/c1-11(17(26)22-10-12-6-8-13(19)9-7-12)27-18-24-23-16(25(18)21)14-4-2-3-5-15(14)20/h2-9,11H,10,21H2,1H3,(H,22,26)/t11-/m1/s1. The molecule has 3 N–H and O–H groups in total. The van der Waals surface area contributed by atoms with E-state index in [1.165, 1.54) is 18.2 Å². The van der Waals surface area contributed by atoms with Gasteiger partial charge < -0.3 is 11.2 Å². The Balaban J connectivity index is 1.64. The van der Waals surface area contributed by atoms with Gasteiger partial charge in [0.2, 0.25) is 11.1 Å². The smallest absolute Gasteiger partial charge is 0.233 e. The van der Waals surface area contributed by atoms with Gasteiger partial charge in [0.25, 0.3) is 0 Å². The van der Waals surface area contributed by atoms with Crippen molar-refractivity contribution in [3.63, 3.8) is 0 Å². The number of hydrogen-bond donors (Lipinski definition) is 2. The summed E-state index contributed by atoms with van der Waals surface area (Å²) in [6, 6.07) is 12.0. The third kappa shape index (κ3) is 4.43. The fourth-order valence-corrected chi connectivity index (χ4v) is 3.13. The van der Waals surface area contributed by atoms with Gasteiger partial charge in [0.05, 0.1) is 10.8 Å². The highest BCUT2D eigenvalue weighted by atomic mass is 32.2. The van der Waals surface area contributed by atoms with Crippen molar-refractivity contribution in [3.8, 4) is 11.4 Å². The van der Waals surface area contributed by atoms with Crippen LogP contribution in [0.25, 0.3) is 11.4 Å². The van der Waals surface area contributed by atoms with Gasteiger partial charge in [-0.3, -0.25) is 4.79 Å². The molecule has 0 aliphatic rings. The molecule has 1 aromatic heterocycles. The molecule has 1 atom stereocenters. The highest BCUT2D eigenvalue weighted by Crippen LogP contribution is 2.26. The van der Waals surface area contributed by atoms with Gasteiger partial charge in [0.1, 0.15) is 11.6 Å². The number of nitrogens with two attached hydrogens (primary N) is 1. The zero-order valence-corrected chi connectivity index (χ0v) is 15.2. The van der Waals surface area contributed by atoms with Crippen LogP contribution in [0.1, 0.15) is 12.5 Å². The second-order valence-electron chi connectivity index (χ2n) is 5.76. The molecule has 2 aromatic carbocycles. The molecule has 0 radical (unpaired) electrons. The van der Waals surface area contributed by atoms with Crippen molar-refractivity contribution in [2.75, 3.05) is 5.84 Å². The summed E-state index contributed by atoms with van der Waals surface area (Å²) in [6.45, 7) is 1.97. The number of nitrogens with zero attached hydrogens (tertiary/aromatic N) is 3. The summed E-state index contributed by atoms with van der Waals surface area (Å²) in [5.74, 6) is 5.12. The molecule has 0 spiro atoms. The average Bonchev–Trinajstić information content (AvgIpc) is 3.01. The molecule has 0 bridgehead atoms. The number of thioether (sulfide) groups is 1. The van der Waals surface area contributed by atoms with Crippen LogP contribution in [0.5, 0.6) is 0 Å². The SMILES string of the molecule is C[C@@H](Sc1nnc(-c2ccccc2F)n1N)C(=O)NCc1ccc(F)cc1. The minimum atomic E-state index is -0.509. The van der Waals surface area contributed by atoms with Crippen LogP contribution in [-0.4, -0.2) is 26.0 Å². The second kappa shape index (κ2) is 8.17. The first-order valence-electron chi connectivity index (χ1n) is 8.10. The molecule has 0 aliphatic carbocycles. The zero-order chi connectivity index (χ0) is 19.4. The van der Waals surface area contributed by atoms with Gasteiger partial charge in [-0.25, -0.2) is 13.5 Å². The molecule has 0 saturated heterocycles. The molecule has 0 saturated carbocycles. The second-order valence-corrected chi connectivity index (χ2v) is 7.07. The van der Waals surface area contributed by atoms with E-state index in [4.69, 9.17) is 5.84 Å². The number of carbonyl (C=O) groups excluding carboxylic acids is 1. The predicted octanol–water partition coefficient (Wildman–Crippen LogP) is 2.73. The molecule has 1 heterocycles. The van der Waals surface area contributed by atoms with E-state index in [9.17, 15) is 13.6 Å². The Kier molecular flexibility index (Phi) is 5.70. The van der Waals surface area contributed by atoms with Gasteiger partial charge in [-0.2, -0.15) is 0 Å². The van der Waals surface area contributed by atoms with Gasteiger partial charge in [-0.05, 0) is 36.8 Å². The first-order valence-corrected chi connectivity index (χ1v) is 8.98. The van der Waals surface area contributed by atoms with E-state index in [2.05, 4.69) is 15.5 Å². The molecule has 6 nitrogen and oxygen atoms in total. The number of nitrogens with one attached hydrogen (secondary N) is 1. The predicted molar refractivity (Wildman–Crippen MR) is 99.1 cm³/mol. The monoisotopic (exact) mass is 389 g/mol. The van der Waals surface area contributed by atoms with E-state index < -0.39 is 11.1 Å². The van der Waals surface area contributed by atoms with Crippen molar-refractivity contribution >= 4 is 17.7 Å². The maximum Gasteiger partial charge on any atom is 0.233 e. The fourth-order valence-electron chi connectivity index (χ4n) is 2.33. The van der Waals surface area contributed by atoms with Crippen LogP contribution in [0.4, 0.5) is 8.78 Å². The van der Waals surface area contributed by atoms with E-state index in [1.807, 2.05) is 0 Å². The van der Waals surface area contributed by atoms with Gasteiger partial charge in [-0.15, -0.1) is 10.2 Å². The van der Waals surface area contributed by atoms with Crippen molar-refractivity contribution in [3.05, 3.63) is 65.7 Å². The Morgan fingerprint density at radius 1 is 1.19 bits per heavy atom. The molecule has 140 valence electrons. The Bertz CT molecular complexity index is 945. The number of aromatic nitrogens is 3. The Labute approximate surface area is 158 Å². The summed E-state index contributed by atoms with van der Waals surface area (Å²) in [4.78, 5) is 12.3. The summed E-state index contributed by atoms with van der Waals surface area (Å²) in [5, 5.41) is 10.4. The maximum absolute atomic E-state index is 13.9. The lowest BCUT2D eigenvalue weighted by Gasteiger charge is -2.11. The topological polar surface area (TPSA) is 85.8 Å². The first-order chi connectivity index (χ1) is 13.0. The lowest BCUT2D eigenvalue weighted by atomic mass is 10.2. The van der Waals surface area contributed by atoms with Crippen molar-refractivity contribution < 1.29 is 13.6 Å². The average molecular weight is 389 g/mol. The minimum absolute atomic E-state index is 0.175. The third-order valence-electron chi connectivity index (χ3n) is 3.81. The normalized spacial score (nSPS) is 12.0. The number of rotatable bonds is 6. The molecular formula is C18H17F2N5OS. The Hall–Kier alpha value is -2.94. The van der Waals surface area contributed by atoms with E-state index in [1.54, 1.807) is 37.3 Å². The molecular weight excluding hydrogens is 372 g/mol. The number of benzene rings is 2. The molecule has 3 rings (SSSR count). The van der Waals surface area contributed by atoms with Crippen LogP contribution in [0, 0.1) is 11.6 Å². The summed E-state index contributed by atoms with van der Waals surface area (Å²) in [7, 11) is 0. The van der Waals surface area contributed by atoms with Gasteiger partial charge in [-0.1, -0.05) is 36.0 Å². The summed E-state index contributed by atoms with van der Waals surface area (Å²) in [5.41, 5.74) is 1.01. The minimum Gasteiger partial charge on any atom is -0.351 e. The number of halogens is 2. The number of nitrogen functional groups attached to an aromatic ring is 1. The van der Waals surface area contributed by atoms with Crippen LogP contribution in [0.15, 0.2) is 53.7 Å². The van der Waals surface area contributed by atoms with Gasteiger partial charge in [0, 0.05) is 6.54 Å². The number of hydrogen-bond acceptors (Lipinski definition) is 5. The van der Waals surface area contributed by atoms with Crippen molar-refractivity contribution in [1.29, 1.82) is 0 Å². The van der Waals surface area contributed by atoms with E-state index >= 15 is 0 Å². The molecule has 27 heavy (non-hydrogen) atoms. The quantitative estimate of drug-likeness (QED) is 0.500. The highest BCUT2D eigenvalue weighted by Gasteiger charge is 2.20. The van der Waals surface area contributed by atoms with E-state index in [0.717, 1.165) is 22.0 Å². The molecule has 0 unspecified atom stereocenters. The summed E-state index contributed by atoms with van der Waals surface area (Å²) >= 11 is 1.11. The van der Waals surface area contributed by atoms with Crippen LogP contribution in [-0.2, 0) is 11.3 Å². The van der Waals surface area contributed by atoms with Gasteiger partial charge in [0.15, 0.2) is 5.82 Å².